The molecule has 0 amide bonds. The minimum Gasteiger partial charge on any atom is -0.292 e. The van der Waals surface area contributed by atoms with Crippen molar-refractivity contribution >= 4 is 28.9 Å². The number of hydrogen-bond acceptors (Lipinski definition) is 3. The molecule has 1 aliphatic heterocycles. The summed E-state index contributed by atoms with van der Waals surface area (Å²) in [6.07, 6.45) is 8.65. The number of thioether (sulfide) groups is 1. The number of carbonyl (C=O) groups excluding carboxylic acids is 1. The van der Waals surface area contributed by atoms with E-state index in [1.807, 2.05) is 11.8 Å². The van der Waals surface area contributed by atoms with Gasteiger partial charge in [-0.3, -0.25) is 4.79 Å². The standard InChI is InChI=1S/C14H18OS2/c15-14(12-7-4-8-16-12)13-9-10-5-2-1-3-6-11(10)17-13/h9,12H,1-8H2. The Bertz CT molecular complexity index is 392. The minimum absolute atomic E-state index is 0.261. The molecular weight excluding hydrogens is 248 g/mol. The molecule has 1 saturated heterocycles. The normalized spacial score (nSPS) is 24.4. The molecule has 2 aliphatic rings. The summed E-state index contributed by atoms with van der Waals surface area (Å²) in [5.74, 6) is 1.58. The molecule has 0 radical (unpaired) electrons. The number of fused-ring (bicyclic) bond motifs is 1. The summed E-state index contributed by atoms with van der Waals surface area (Å²) < 4.78 is 0. The van der Waals surface area contributed by atoms with E-state index in [9.17, 15) is 4.79 Å². The first kappa shape index (κ1) is 11.8. The van der Waals surface area contributed by atoms with Crippen molar-refractivity contribution in [1.29, 1.82) is 0 Å². The fraction of sp³-hybridized carbons (Fsp3) is 0.643. The average Bonchev–Trinajstić information content (AvgIpc) is 2.95. The molecule has 0 aromatic carbocycles. The van der Waals surface area contributed by atoms with E-state index in [0.717, 1.165) is 11.3 Å². The van der Waals surface area contributed by atoms with Gasteiger partial charge in [0.15, 0.2) is 5.78 Å². The zero-order valence-corrected chi connectivity index (χ0v) is 11.7. The third kappa shape index (κ3) is 2.45. The Morgan fingerprint density at radius 1 is 1.18 bits per heavy atom. The summed E-state index contributed by atoms with van der Waals surface area (Å²) >= 11 is 3.63. The third-order valence-electron chi connectivity index (χ3n) is 3.71. The number of ketones is 1. The van der Waals surface area contributed by atoms with Crippen molar-refractivity contribution in [2.24, 2.45) is 0 Å². The molecule has 3 heteroatoms. The largest absolute Gasteiger partial charge is 0.292 e. The molecule has 1 unspecified atom stereocenters. The van der Waals surface area contributed by atoms with Gasteiger partial charge in [-0.05, 0) is 55.9 Å². The van der Waals surface area contributed by atoms with E-state index in [2.05, 4.69) is 6.07 Å². The van der Waals surface area contributed by atoms with Gasteiger partial charge in [-0.25, -0.2) is 0 Å². The zero-order valence-electron chi connectivity index (χ0n) is 10.0. The van der Waals surface area contributed by atoms with Crippen LogP contribution in [0.1, 0.15) is 52.2 Å². The summed E-state index contributed by atoms with van der Waals surface area (Å²) in [5, 5.41) is 0.261. The lowest BCUT2D eigenvalue weighted by molar-refractivity contribution is 0.0992. The highest BCUT2D eigenvalue weighted by Gasteiger charge is 2.26. The topological polar surface area (TPSA) is 17.1 Å². The van der Waals surface area contributed by atoms with E-state index in [1.165, 1.54) is 54.7 Å². The SMILES string of the molecule is O=C(c1cc2c(s1)CCCCC2)C1CCCS1. The van der Waals surface area contributed by atoms with Crippen LogP contribution in [0, 0.1) is 0 Å². The van der Waals surface area contributed by atoms with Crippen molar-refractivity contribution in [2.75, 3.05) is 5.75 Å². The Labute approximate surface area is 111 Å². The second-order valence-corrected chi connectivity index (χ2v) is 7.43. The maximum atomic E-state index is 12.3. The van der Waals surface area contributed by atoms with Crippen LogP contribution in [-0.4, -0.2) is 16.8 Å². The summed E-state index contributed by atoms with van der Waals surface area (Å²) in [6.45, 7) is 0. The molecule has 1 fully saturated rings. The van der Waals surface area contributed by atoms with Crippen LogP contribution in [0.2, 0.25) is 0 Å². The molecule has 0 spiro atoms. The van der Waals surface area contributed by atoms with Crippen LogP contribution in [0.4, 0.5) is 0 Å². The second-order valence-electron chi connectivity index (χ2n) is 4.99. The first-order valence-electron chi connectivity index (χ1n) is 6.62. The highest BCUT2D eigenvalue weighted by molar-refractivity contribution is 8.00. The minimum atomic E-state index is 0.261. The van der Waals surface area contributed by atoms with E-state index in [-0.39, 0.29) is 5.25 Å². The Balaban J connectivity index is 1.81. The number of rotatable bonds is 2. The molecule has 1 aliphatic carbocycles. The maximum absolute atomic E-state index is 12.3. The van der Waals surface area contributed by atoms with E-state index < -0.39 is 0 Å². The molecule has 0 N–H and O–H groups in total. The predicted molar refractivity (Wildman–Crippen MR) is 75.4 cm³/mol. The summed E-state index contributed by atoms with van der Waals surface area (Å²) in [4.78, 5) is 14.9. The first-order valence-corrected chi connectivity index (χ1v) is 8.48. The molecule has 0 saturated carbocycles. The number of hydrogen-bond donors (Lipinski definition) is 0. The Hall–Kier alpha value is -0.280. The van der Waals surface area contributed by atoms with Crippen LogP contribution in [0.5, 0.6) is 0 Å². The van der Waals surface area contributed by atoms with E-state index in [4.69, 9.17) is 0 Å². The molecule has 0 bridgehead atoms. The van der Waals surface area contributed by atoms with Crippen LogP contribution in [0.15, 0.2) is 6.07 Å². The second kappa shape index (κ2) is 5.15. The molecule has 3 rings (SSSR count). The molecule has 1 atom stereocenters. The van der Waals surface area contributed by atoms with Gasteiger partial charge >= 0.3 is 0 Å². The molecule has 1 nitrogen and oxygen atoms in total. The fourth-order valence-electron chi connectivity index (χ4n) is 2.73. The highest BCUT2D eigenvalue weighted by Crippen LogP contribution is 2.34. The van der Waals surface area contributed by atoms with Gasteiger partial charge < -0.3 is 0 Å². The van der Waals surface area contributed by atoms with Gasteiger partial charge in [-0.2, -0.15) is 11.8 Å². The smallest absolute Gasteiger partial charge is 0.185 e. The van der Waals surface area contributed by atoms with Crippen LogP contribution >= 0.6 is 23.1 Å². The lowest BCUT2D eigenvalue weighted by Gasteiger charge is -2.04. The van der Waals surface area contributed by atoms with Crippen LogP contribution in [0.3, 0.4) is 0 Å². The van der Waals surface area contributed by atoms with Gasteiger partial charge in [-0.1, -0.05) is 6.42 Å². The molecular formula is C14H18OS2. The van der Waals surface area contributed by atoms with Crippen LogP contribution in [0.25, 0.3) is 0 Å². The highest BCUT2D eigenvalue weighted by atomic mass is 32.2. The van der Waals surface area contributed by atoms with Crippen molar-refractivity contribution < 1.29 is 4.79 Å². The zero-order chi connectivity index (χ0) is 11.7. The van der Waals surface area contributed by atoms with E-state index in [1.54, 1.807) is 11.3 Å². The first-order chi connectivity index (χ1) is 8.34. The monoisotopic (exact) mass is 266 g/mol. The summed E-state index contributed by atoms with van der Waals surface area (Å²) in [7, 11) is 0. The molecule has 17 heavy (non-hydrogen) atoms. The molecule has 2 heterocycles. The van der Waals surface area contributed by atoms with Crippen molar-refractivity contribution in [3.8, 4) is 0 Å². The fourth-order valence-corrected chi connectivity index (χ4v) is 5.28. The summed E-state index contributed by atoms with van der Waals surface area (Å²) in [5.41, 5.74) is 1.47. The van der Waals surface area contributed by atoms with E-state index in [0.29, 0.717) is 5.78 Å². The maximum Gasteiger partial charge on any atom is 0.185 e. The quantitative estimate of drug-likeness (QED) is 0.592. The van der Waals surface area contributed by atoms with Gasteiger partial charge in [-0.15, -0.1) is 11.3 Å². The number of thiophene rings is 1. The van der Waals surface area contributed by atoms with Gasteiger partial charge in [0.05, 0.1) is 10.1 Å². The Morgan fingerprint density at radius 2 is 2.06 bits per heavy atom. The van der Waals surface area contributed by atoms with Gasteiger partial charge in [0.1, 0.15) is 0 Å². The van der Waals surface area contributed by atoms with E-state index >= 15 is 0 Å². The Morgan fingerprint density at radius 3 is 2.88 bits per heavy atom. The van der Waals surface area contributed by atoms with Crippen LogP contribution < -0.4 is 0 Å². The molecule has 92 valence electrons. The summed E-state index contributed by atoms with van der Waals surface area (Å²) in [6, 6.07) is 2.20. The number of carbonyl (C=O) groups is 1. The van der Waals surface area contributed by atoms with Crippen molar-refractivity contribution in [1.82, 2.24) is 0 Å². The lowest BCUT2D eigenvalue weighted by atomic mass is 10.1. The van der Waals surface area contributed by atoms with Gasteiger partial charge in [0.2, 0.25) is 0 Å². The van der Waals surface area contributed by atoms with Crippen LogP contribution in [-0.2, 0) is 12.8 Å². The number of Topliss-reactive ketones (excluding diaryl/α,β-unsaturated/α-hetero) is 1. The van der Waals surface area contributed by atoms with Gasteiger partial charge in [0.25, 0.3) is 0 Å². The lowest BCUT2D eigenvalue weighted by Crippen LogP contribution is -2.12. The Kier molecular flexibility index (Phi) is 3.57. The van der Waals surface area contributed by atoms with Crippen molar-refractivity contribution in [2.45, 2.75) is 50.2 Å². The van der Waals surface area contributed by atoms with Gasteiger partial charge in [0, 0.05) is 4.88 Å². The molecule has 1 aromatic heterocycles. The average molecular weight is 266 g/mol. The third-order valence-corrected chi connectivity index (χ3v) is 6.34. The number of aryl methyl sites for hydroxylation is 2. The predicted octanol–water partition coefficient (Wildman–Crippen LogP) is 4.10. The van der Waals surface area contributed by atoms with Crippen molar-refractivity contribution in [3.05, 3.63) is 21.4 Å². The van der Waals surface area contributed by atoms with Crippen molar-refractivity contribution in [3.63, 3.8) is 0 Å². The molecule has 1 aromatic rings.